The van der Waals surface area contributed by atoms with E-state index in [1.165, 1.54) is 0 Å². The Morgan fingerprint density at radius 2 is 1.88 bits per heavy atom. The summed E-state index contributed by atoms with van der Waals surface area (Å²) in [5.41, 5.74) is -0.679. The average Bonchev–Trinajstić information content (AvgIpc) is 2.16. The molecule has 0 aliphatic carbocycles. The molecule has 0 saturated carbocycles. The fourth-order valence-electron chi connectivity index (χ4n) is 3.11. The summed E-state index contributed by atoms with van der Waals surface area (Å²) in [6.07, 6.45) is 4.67. The van der Waals surface area contributed by atoms with Crippen molar-refractivity contribution in [3.8, 4) is 0 Å². The number of hydrogen-bond donors (Lipinski definition) is 1. The van der Waals surface area contributed by atoms with E-state index in [2.05, 4.69) is 13.8 Å². The highest BCUT2D eigenvalue weighted by molar-refractivity contribution is 4.92. The second-order valence-corrected chi connectivity index (χ2v) is 6.02. The first-order chi connectivity index (χ1) is 7.49. The molecule has 2 heterocycles. The van der Waals surface area contributed by atoms with Gasteiger partial charge < -0.3 is 14.6 Å². The second-order valence-electron chi connectivity index (χ2n) is 6.02. The van der Waals surface area contributed by atoms with Crippen molar-refractivity contribution in [2.75, 3.05) is 19.8 Å². The Balaban J connectivity index is 1.90. The van der Waals surface area contributed by atoms with E-state index < -0.39 is 5.60 Å². The Morgan fingerprint density at radius 3 is 2.50 bits per heavy atom. The molecule has 2 fully saturated rings. The Bertz CT molecular complexity index is 233. The first kappa shape index (κ1) is 12.3. The van der Waals surface area contributed by atoms with Gasteiger partial charge in [-0.2, -0.15) is 0 Å². The Hall–Kier alpha value is -0.120. The van der Waals surface area contributed by atoms with Gasteiger partial charge in [0.15, 0.2) is 0 Å². The average molecular weight is 228 g/mol. The van der Waals surface area contributed by atoms with Crippen LogP contribution < -0.4 is 0 Å². The van der Waals surface area contributed by atoms with Crippen LogP contribution in [0.4, 0.5) is 0 Å². The third kappa shape index (κ3) is 3.19. The molecule has 0 aromatic heterocycles. The molecule has 3 nitrogen and oxygen atoms in total. The zero-order valence-corrected chi connectivity index (χ0v) is 10.5. The molecule has 94 valence electrons. The third-order valence-corrected chi connectivity index (χ3v) is 3.82. The SMILES string of the molecule is CC1(C)CC(O)(CC2CCOCC2)CCO1. The summed E-state index contributed by atoms with van der Waals surface area (Å²) in [7, 11) is 0. The maximum Gasteiger partial charge on any atom is 0.0699 e. The minimum atomic E-state index is -0.510. The van der Waals surface area contributed by atoms with Crippen molar-refractivity contribution in [2.24, 2.45) is 5.92 Å². The van der Waals surface area contributed by atoms with Gasteiger partial charge in [-0.25, -0.2) is 0 Å². The van der Waals surface area contributed by atoms with E-state index in [0.717, 1.165) is 45.3 Å². The van der Waals surface area contributed by atoms with Crippen LogP contribution in [-0.4, -0.2) is 36.1 Å². The Kier molecular flexibility index (Phi) is 3.57. The molecule has 1 N–H and O–H groups in total. The summed E-state index contributed by atoms with van der Waals surface area (Å²) in [5, 5.41) is 10.6. The van der Waals surface area contributed by atoms with E-state index in [-0.39, 0.29) is 5.60 Å². The van der Waals surface area contributed by atoms with Gasteiger partial charge in [-0.05, 0) is 45.4 Å². The van der Waals surface area contributed by atoms with Gasteiger partial charge in [0.2, 0.25) is 0 Å². The van der Waals surface area contributed by atoms with Crippen molar-refractivity contribution >= 4 is 0 Å². The highest BCUT2D eigenvalue weighted by Gasteiger charge is 2.40. The molecule has 2 rings (SSSR count). The standard InChI is InChI=1S/C13H24O3/c1-12(2)10-13(14,5-8-16-12)9-11-3-6-15-7-4-11/h11,14H,3-10H2,1-2H3. The van der Waals surface area contributed by atoms with E-state index in [1.54, 1.807) is 0 Å². The predicted octanol–water partition coefficient (Wildman–Crippen LogP) is 2.12. The summed E-state index contributed by atoms with van der Waals surface area (Å²) in [4.78, 5) is 0. The minimum absolute atomic E-state index is 0.168. The monoisotopic (exact) mass is 228 g/mol. The van der Waals surface area contributed by atoms with Crippen LogP contribution in [0.5, 0.6) is 0 Å². The zero-order valence-electron chi connectivity index (χ0n) is 10.5. The molecule has 0 radical (unpaired) electrons. The summed E-state index contributed by atoms with van der Waals surface area (Å²) in [6.45, 7) is 6.55. The fraction of sp³-hybridized carbons (Fsp3) is 1.00. The molecule has 0 amide bonds. The maximum atomic E-state index is 10.6. The van der Waals surface area contributed by atoms with E-state index >= 15 is 0 Å². The lowest BCUT2D eigenvalue weighted by Crippen LogP contribution is -2.47. The highest BCUT2D eigenvalue weighted by Crippen LogP contribution is 2.38. The molecular weight excluding hydrogens is 204 g/mol. The topological polar surface area (TPSA) is 38.7 Å². The summed E-state index contributed by atoms with van der Waals surface area (Å²) in [5.74, 6) is 0.632. The lowest BCUT2D eigenvalue weighted by atomic mass is 9.77. The van der Waals surface area contributed by atoms with Crippen LogP contribution in [0.15, 0.2) is 0 Å². The molecule has 0 aromatic rings. The molecule has 2 aliphatic heterocycles. The number of rotatable bonds is 2. The molecule has 2 aliphatic rings. The van der Waals surface area contributed by atoms with Crippen molar-refractivity contribution in [2.45, 2.75) is 57.2 Å². The molecular formula is C13H24O3. The van der Waals surface area contributed by atoms with Crippen LogP contribution in [-0.2, 0) is 9.47 Å². The van der Waals surface area contributed by atoms with Crippen molar-refractivity contribution < 1.29 is 14.6 Å². The van der Waals surface area contributed by atoms with E-state index in [9.17, 15) is 5.11 Å². The van der Waals surface area contributed by atoms with Crippen molar-refractivity contribution in [1.29, 1.82) is 0 Å². The smallest absolute Gasteiger partial charge is 0.0699 e. The lowest BCUT2D eigenvalue weighted by Gasteiger charge is -2.43. The first-order valence-corrected chi connectivity index (χ1v) is 6.43. The molecule has 2 saturated heterocycles. The maximum absolute atomic E-state index is 10.6. The quantitative estimate of drug-likeness (QED) is 0.787. The van der Waals surface area contributed by atoms with Crippen LogP contribution >= 0.6 is 0 Å². The van der Waals surface area contributed by atoms with Crippen LogP contribution in [0, 0.1) is 5.92 Å². The zero-order chi connectivity index (χ0) is 11.6. The van der Waals surface area contributed by atoms with Gasteiger partial charge in [-0.3, -0.25) is 0 Å². The van der Waals surface area contributed by atoms with E-state index in [0.29, 0.717) is 12.5 Å². The number of aliphatic hydroxyl groups is 1. The van der Waals surface area contributed by atoms with E-state index in [1.807, 2.05) is 0 Å². The molecule has 1 atom stereocenters. The van der Waals surface area contributed by atoms with Crippen LogP contribution in [0.25, 0.3) is 0 Å². The number of ether oxygens (including phenoxy) is 2. The van der Waals surface area contributed by atoms with Gasteiger partial charge in [0.05, 0.1) is 17.8 Å². The molecule has 0 bridgehead atoms. The fourth-order valence-corrected chi connectivity index (χ4v) is 3.11. The molecule has 0 spiro atoms. The van der Waals surface area contributed by atoms with Crippen molar-refractivity contribution in [3.63, 3.8) is 0 Å². The van der Waals surface area contributed by atoms with Gasteiger partial charge in [0.25, 0.3) is 0 Å². The van der Waals surface area contributed by atoms with E-state index in [4.69, 9.17) is 9.47 Å². The molecule has 1 unspecified atom stereocenters. The predicted molar refractivity (Wildman–Crippen MR) is 62.4 cm³/mol. The van der Waals surface area contributed by atoms with Gasteiger partial charge in [0.1, 0.15) is 0 Å². The summed E-state index contributed by atoms with van der Waals surface area (Å²) in [6, 6.07) is 0. The largest absolute Gasteiger partial charge is 0.390 e. The van der Waals surface area contributed by atoms with Gasteiger partial charge in [-0.1, -0.05) is 0 Å². The third-order valence-electron chi connectivity index (χ3n) is 3.82. The van der Waals surface area contributed by atoms with Crippen LogP contribution in [0.2, 0.25) is 0 Å². The van der Waals surface area contributed by atoms with Crippen LogP contribution in [0.3, 0.4) is 0 Å². The van der Waals surface area contributed by atoms with Gasteiger partial charge >= 0.3 is 0 Å². The normalized spacial score (nSPS) is 36.2. The Labute approximate surface area is 98.1 Å². The summed E-state index contributed by atoms with van der Waals surface area (Å²) >= 11 is 0. The van der Waals surface area contributed by atoms with Gasteiger partial charge in [-0.15, -0.1) is 0 Å². The van der Waals surface area contributed by atoms with Crippen molar-refractivity contribution in [1.82, 2.24) is 0 Å². The lowest BCUT2D eigenvalue weighted by molar-refractivity contribution is -0.153. The second kappa shape index (κ2) is 4.63. The molecule has 16 heavy (non-hydrogen) atoms. The van der Waals surface area contributed by atoms with Gasteiger partial charge in [0, 0.05) is 19.6 Å². The summed E-state index contributed by atoms with van der Waals surface area (Å²) < 4.78 is 11.0. The molecule has 0 aromatic carbocycles. The first-order valence-electron chi connectivity index (χ1n) is 6.43. The van der Waals surface area contributed by atoms with Crippen LogP contribution in [0.1, 0.15) is 46.0 Å². The molecule has 3 heteroatoms. The number of hydrogen-bond acceptors (Lipinski definition) is 3. The van der Waals surface area contributed by atoms with Crippen molar-refractivity contribution in [3.05, 3.63) is 0 Å². The minimum Gasteiger partial charge on any atom is -0.390 e. The Morgan fingerprint density at radius 1 is 1.19 bits per heavy atom. The highest BCUT2D eigenvalue weighted by atomic mass is 16.5.